The normalized spacial score (nSPS) is 9.88. The predicted octanol–water partition coefficient (Wildman–Crippen LogP) is 3.25. The van der Waals surface area contributed by atoms with Gasteiger partial charge in [0.1, 0.15) is 0 Å². The number of aryl methyl sites for hydroxylation is 1. The van der Waals surface area contributed by atoms with Gasteiger partial charge in [0.2, 0.25) is 11.8 Å². The first-order chi connectivity index (χ1) is 11.5. The average Bonchev–Trinajstić information content (AvgIpc) is 2.57. The minimum Gasteiger partial charge on any atom is -0.326 e. The van der Waals surface area contributed by atoms with Crippen LogP contribution in [-0.2, 0) is 9.59 Å². The van der Waals surface area contributed by atoms with Gasteiger partial charge in [-0.25, -0.2) is 0 Å². The maximum absolute atomic E-state index is 12.1. The SMILES string of the molecule is CC(=O)N(CCC(=O)Nc1ccc(C)cc1)c1cccc(C#N)c1. The van der Waals surface area contributed by atoms with E-state index in [-0.39, 0.29) is 24.8 Å². The summed E-state index contributed by atoms with van der Waals surface area (Å²) >= 11 is 0. The molecule has 0 aromatic heterocycles. The Morgan fingerprint density at radius 1 is 1.17 bits per heavy atom. The summed E-state index contributed by atoms with van der Waals surface area (Å²) in [6, 6.07) is 16.3. The van der Waals surface area contributed by atoms with E-state index in [1.165, 1.54) is 11.8 Å². The molecule has 122 valence electrons. The zero-order valence-corrected chi connectivity index (χ0v) is 13.7. The Morgan fingerprint density at radius 2 is 1.88 bits per heavy atom. The lowest BCUT2D eigenvalue weighted by Gasteiger charge is -2.21. The largest absolute Gasteiger partial charge is 0.326 e. The van der Waals surface area contributed by atoms with Crippen LogP contribution in [0.3, 0.4) is 0 Å². The van der Waals surface area contributed by atoms with Crippen molar-refractivity contribution in [2.45, 2.75) is 20.3 Å². The number of carbonyl (C=O) groups excluding carboxylic acids is 2. The second-order valence-corrected chi connectivity index (χ2v) is 5.50. The molecule has 0 spiro atoms. The lowest BCUT2D eigenvalue weighted by atomic mass is 10.2. The van der Waals surface area contributed by atoms with E-state index in [9.17, 15) is 9.59 Å². The highest BCUT2D eigenvalue weighted by atomic mass is 16.2. The molecule has 0 atom stereocenters. The van der Waals surface area contributed by atoms with Crippen LogP contribution in [0.15, 0.2) is 48.5 Å². The number of hydrogen-bond acceptors (Lipinski definition) is 3. The number of nitriles is 1. The third-order valence-corrected chi connectivity index (χ3v) is 3.56. The molecule has 0 bridgehead atoms. The number of benzene rings is 2. The maximum atomic E-state index is 12.1. The van der Waals surface area contributed by atoms with Crippen molar-refractivity contribution in [2.75, 3.05) is 16.8 Å². The maximum Gasteiger partial charge on any atom is 0.226 e. The van der Waals surface area contributed by atoms with Crippen LogP contribution >= 0.6 is 0 Å². The van der Waals surface area contributed by atoms with Gasteiger partial charge in [0.05, 0.1) is 11.6 Å². The summed E-state index contributed by atoms with van der Waals surface area (Å²) in [7, 11) is 0. The first kappa shape index (κ1) is 17.2. The molecule has 0 aliphatic rings. The fourth-order valence-electron chi connectivity index (χ4n) is 2.29. The second kappa shape index (κ2) is 7.93. The monoisotopic (exact) mass is 321 g/mol. The van der Waals surface area contributed by atoms with Crippen LogP contribution in [0.4, 0.5) is 11.4 Å². The Balaban J connectivity index is 2.00. The predicted molar refractivity (Wildman–Crippen MR) is 93.6 cm³/mol. The van der Waals surface area contributed by atoms with Gasteiger partial charge in [-0.3, -0.25) is 9.59 Å². The van der Waals surface area contributed by atoms with Crippen LogP contribution in [0.25, 0.3) is 0 Å². The van der Waals surface area contributed by atoms with Crippen molar-refractivity contribution < 1.29 is 9.59 Å². The van der Waals surface area contributed by atoms with E-state index in [4.69, 9.17) is 5.26 Å². The molecule has 2 aromatic rings. The van der Waals surface area contributed by atoms with Crippen molar-refractivity contribution in [2.24, 2.45) is 0 Å². The number of rotatable bonds is 5. The first-order valence-electron chi connectivity index (χ1n) is 7.64. The third-order valence-electron chi connectivity index (χ3n) is 3.56. The van der Waals surface area contributed by atoms with Gasteiger partial charge in [-0.05, 0) is 37.3 Å². The number of carbonyl (C=O) groups is 2. The molecule has 0 aliphatic heterocycles. The summed E-state index contributed by atoms with van der Waals surface area (Å²) in [6.45, 7) is 3.67. The second-order valence-electron chi connectivity index (χ2n) is 5.50. The summed E-state index contributed by atoms with van der Waals surface area (Å²) in [5.41, 5.74) is 2.94. The van der Waals surface area contributed by atoms with Crippen LogP contribution in [0, 0.1) is 18.3 Å². The molecule has 0 aliphatic carbocycles. The van der Waals surface area contributed by atoms with E-state index in [1.807, 2.05) is 37.3 Å². The van der Waals surface area contributed by atoms with Crippen molar-refractivity contribution >= 4 is 23.2 Å². The summed E-state index contributed by atoms with van der Waals surface area (Å²) in [6.07, 6.45) is 0.171. The van der Waals surface area contributed by atoms with E-state index >= 15 is 0 Å². The minimum absolute atomic E-state index is 0.165. The first-order valence-corrected chi connectivity index (χ1v) is 7.64. The molecule has 0 radical (unpaired) electrons. The molecule has 2 rings (SSSR count). The smallest absolute Gasteiger partial charge is 0.226 e. The van der Waals surface area contributed by atoms with Crippen molar-refractivity contribution in [1.29, 1.82) is 5.26 Å². The summed E-state index contributed by atoms with van der Waals surface area (Å²) in [5.74, 6) is -0.338. The number of amides is 2. The lowest BCUT2D eigenvalue weighted by molar-refractivity contribution is -0.117. The van der Waals surface area contributed by atoms with E-state index in [0.717, 1.165) is 11.3 Å². The minimum atomic E-state index is -0.173. The molecule has 2 amide bonds. The zero-order chi connectivity index (χ0) is 17.5. The molecule has 0 fully saturated rings. The topological polar surface area (TPSA) is 73.2 Å². The Kier molecular flexibility index (Phi) is 5.69. The molecule has 0 heterocycles. The van der Waals surface area contributed by atoms with Gasteiger partial charge in [-0.2, -0.15) is 5.26 Å². The van der Waals surface area contributed by atoms with E-state index < -0.39 is 0 Å². The number of nitrogens with one attached hydrogen (secondary N) is 1. The van der Waals surface area contributed by atoms with Crippen LogP contribution in [0.2, 0.25) is 0 Å². The molecule has 0 saturated carbocycles. The van der Waals surface area contributed by atoms with Gasteiger partial charge in [0, 0.05) is 31.3 Å². The number of nitrogens with zero attached hydrogens (tertiary/aromatic N) is 2. The fraction of sp³-hybridized carbons (Fsp3) is 0.211. The summed E-state index contributed by atoms with van der Waals surface area (Å²) in [4.78, 5) is 25.4. The molecule has 5 nitrogen and oxygen atoms in total. The summed E-state index contributed by atoms with van der Waals surface area (Å²) < 4.78 is 0. The Morgan fingerprint density at radius 3 is 2.50 bits per heavy atom. The van der Waals surface area contributed by atoms with Gasteiger partial charge < -0.3 is 10.2 Å². The van der Waals surface area contributed by atoms with Crippen LogP contribution in [0.5, 0.6) is 0 Å². The van der Waals surface area contributed by atoms with E-state index in [1.54, 1.807) is 24.3 Å². The number of anilines is 2. The highest BCUT2D eigenvalue weighted by Gasteiger charge is 2.14. The molecular weight excluding hydrogens is 302 g/mol. The Labute approximate surface area is 141 Å². The van der Waals surface area contributed by atoms with Crippen molar-refractivity contribution in [3.05, 3.63) is 59.7 Å². The molecule has 5 heteroatoms. The van der Waals surface area contributed by atoms with Crippen LogP contribution in [0.1, 0.15) is 24.5 Å². The van der Waals surface area contributed by atoms with Crippen molar-refractivity contribution in [3.8, 4) is 6.07 Å². The van der Waals surface area contributed by atoms with E-state index in [0.29, 0.717) is 11.3 Å². The molecule has 2 aromatic carbocycles. The fourth-order valence-corrected chi connectivity index (χ4v) is 2.29. The molecular formula is C19H19N3O2. The van der Waals surface area contributed by atoms with Crippen molar-refractivity contribution in [1.82, 2.24) is 0 Å². The average molecular weight is 321 g/mol. The van der Waals surface area contributed by atoms with Gasteiger partial charge in [0.15, 0.2) is 0 Å². The zero-order valence-electron chi connectivity index (χ0n) is 13.7. The standard InChI is InChI=1S/C19H19N3O2/c1-14-6-8-17(9-7-14)21-19(24)10-11-22(15(2)23)18-5-3-4-16(12-18)13-20/h3-9,12H,10-11H2,1-2H3,(H,21,24). The number of hydrogen-bond donors (Lipinski definition) is 1. The Bertz CT molecular complexity index is 776. The molecule has 24 heavy (non-hydrogen) atoms. The van der Waals surface area contributed by atoms with Crippen LogP contribution < -0.4 is 10.2 Å². The molecule has 0 unspecified atom stereocenters. The third kappa shape index (κ3) is 4.68. The highest BCUT2D eigenvalue weighted by molar-refractivity contribution is 5.94. The molecule has 1 N–H and O–H groups in total. The molecule has 0 saturated heterocycles. The van der Waals surface area contributed by atoms with Gasteiger partial charge >= 0.3 is 0 Å². The van der Waals surface area contributed by atoms with Crippen molar-refractivity contribution in [3.63, 3.8) is 0 Å². The van der Waals surface area contributed by atoms with Gasteiger partial charge in [-0.15, -0.1) is 0 Å². The highest BCUT2D eigenvalue weighted by Crippen LogP contribution is 2.17. The quantitative estimate of drug-likeness (QED) is 0.918. The van der Waals surface area contributed by atoms with Gasteiger partial charge in [0.25, 0.3) is 0 Å². The van der Waals surface area contributed by atoms with E-state index in [2.05, 4.69) is 5.32 Å². The lowest BCUT2D eigenvalue weighted by Crippen LogP contribution is -2.32. The Hall–Kier alpha value is -3.13. The van der Waals surface area contributed by atoms with Crippen LogP contribution in [-0.4, -0.2) is 18.4 Å². The summed E-state index contributed by atoms with van der Waals surface area (Å²) in [5, 5.41) is 11.8. The van der Waals surface area contributed by atoms with Gasteiger partial charge in [-0.1, -0.05) is 23.8 Å².